The number of para-hydroxylation sites is 1. The molecule has 0 bridgehead atoms. The molecule has 0 aromatic heterocycles. The minimum atomic E-state index is -3.83. The van der Waals surface area contributed by atoms with E-state index in [1.165, 1.54) is 19.1 Å². The molecule has 5 nitrogen and oxygen atoms in total. The van der Waals surface area contributed by atoms with Crippen molar-refractivity contribution in [1.29, 1.82) is 0 Å². The highest BCUT2D eigenvalue weighted by Crippen LogP contribution is 2.12. The van der Waals surface area contributed by atoms with Crippen molar-refractivity contribution in [3.8, 4) is 0 Å². The molecule has 104 valence electrons. The predicted octanol–water partition coefficient (Wildman–Crippen LogP) is 2.84. The Labute approximate surface area is 118 Å². The van der Waals surface area contributed by atoms with Crippen LogP contribution in [0.3, 0.4) is 0 Å². The summed E-state index contributed by atoms with van der Waals surface area (Å²) in [4.78, 5) is 0.0919. The molecule has 0 unspecified atom stereocenters. The van der Waals surface area contributed by atoms with E-state index >= 15 is 0 Å². The van der Waals surface area contributed by atoms with E-state index in [0.717, 1.165) is 5.69 Å². The van der Waals surface area contributed by atoms with E-state index < -0.39 is 10.1 Å². The molecule has 0 aliphatic carbocycles. The van der Waals surface area contributed by atoms with Gasteiger partial charge in [0.1, 0.15) is 4.90 Å². The molecule has 0 atom stereocenters. The fourth-order valence-corrected chi connectivity index (χ4v) is 2.41. The van der Waals surface area contributed by atoms with Gasteiger partial charge in [0, 0.05) is 6.92 Å². The van der Waals surface area contributed by atoms with E-state index in [1.54, 1.807) is 18.2 Å². The van der Waals surface area contributed by atoms with Gasteiger partial charge in [0.05, 0.1) is 5.69 Å². The first-order valence-corrected chi connectivity index (χ1v) is 7.34. The summed E-state index contributed by atoms with van der Waals surface area (Å²) in [6, 6.07) is 17.1. The number of hydrogen-bond acceptors (Lipinski definition) is 5. The number of rotatable bonds is 4. The van der Waals surface area contributed by atoms with Gasteiger partial charge >= 0.3 is 10.1 Å². The van der Waals surface area contributed by atoms with Crippen LogP contribution in [0.25, 0.3) is 0 Å². The first-order chi connectivity index (χ1) is 9.58. The molecular weight excluding hydrogens is 276 g/mol. The van der Waals surface area contributed by atoms with Crippen LogP contribution >= 0.6 is 0 Å². The molecule has 0 aliphatic rings. The fraction of sp³-hybridized carbons (Fsp3) is 0.0714. The van der Waals surface area contributed by atoms with Gasteiger partial charge in [-0.2, -0.15) is 8.42 Å². The summed E-state index contributed by atoms with van der Waals surface area (Å²) in [7, 11) is -3.83. The molecule has 6 heteroatoms. The van der Waals surface area contributed by atoms with Crippen molar-refractivity contribution in [3.63, 3.8) is 0 Å². The summed E-state index contributed by atoms with van der Waals surface area (Å²) in [6.07, 6.45) is 0. The van der Waals surface area contributed by atoms with Gasteiger partial charge in [-0.05, 0) is 24.3 Å². The average molecular weight is 290 g/mol. The first-order valence-electron chi connectivity index (χ1n) is 5.93. The zero-order chi connectivity index (χ0) is 14.4. The normalized spacial score (nSPS) is 11.9. The number of hydrazone groups is 1. The lowest BCUT2D eigenvalue weighted by molar-refractivity contribution is 0.479. The lowest BCUT2D eigenvalue weighted by atomic mass is 10.3. The minimum Gasteiger partial charge on any atom is -0.362 e. The molecule has 0 heterocycles. The highest BCUT2D eigenvalue weighted by molar-refractivity contribution is 7.87. The molecule has 0 aliphatic heterocycles. The van der Waals surface area contributed by atoms with Crippen LogP contribution in [0.5, 0.6) is 0 Å². The Morgan fingerprint density at radius 1 is 1.00 bits per heavy atom. The lowest BCUT2D eigenvalue weighted by Crippen LogP contribution is -2.12. The molecule has 0 saturated heterocycles. The number of anilines is 1. The van der Waals surface area contributed by atoms with E-state index in [0.29, 0.717) is 0 Å². The Kier molecular flexibility index (Phi) is 4.37. The van der Waals surface area contributed by atoms with Crippen molar-refractivity contribution in [1.82, 2.24) is 0 Å². The Bertz CT molecular complexity index is 683. The molecular formula is C14H14N2O3S. The van der Waals surface area contributed by atoms with Gasteiger partial charge in [0.15, 0.2) is 0 Å². The zero-order valence-electron chi connectivity index (χ0n) is 10.9. The highest BCUT2D eigenvalue weighted by Gasteiger charge is 2.16. The topological polar surface area (TPSA) is 67.8 Å². The predicted molar refractivity (Wildman–Crippen MR) is 77.9 cm³/mol. The third-order valence-electron chi connectivity index (χ3n) is 2.38. The van der Waals surface area contributed by atoms with Gasteiger partial charge in [-0.15, -0.1) is 5.10 Å². The van der Waals surface area contributed by atoms with Crippen LogP contribution in [0.15, 0.2) is 70.7 Å². The summed E-state index contributed by atoms with van der Waals surface area (Å²) in [6.45, 7) is 1.47. The van der Waals surface area contributed by atoms with Gasteiger partial charge in [-0.25, -0.2) is 0 Å². The molecule has 2 rings (SSSR count). The molecule has 0 amide bonds. The third kappa shape index (κ3) is 3.83. The van der Waals surface area contributed by atoms with Crippen molar-refractivity contribution in [2.45, 2.75) is 11.8 Å². The SMILES string of the molecule is C/C(=N\Nc1ccccc1)OS(=O)(=O)c1ccccc1. The van der Waals surface area contributed by atoms with Gasteiger partial charge in [0.25, 0.3) is 0 Å². The number of benzene rings is 2. The number of nitrogens with one attached hydrogen (secondary N) is 1. The van der Waals surface area contributed by atoms with Crippen LogP contribution in [0, 0.1) is 0 Å². The fourth-order valence-electron chi connectivity index (χ4n) is 1.47. The van der Waals surface area contributed by atoms with Crippen LogP contribution in [0.2, 0.25) is 0 Å². The Morgan fingerprint density at radius 3 is 2.15 bits per heavy atom. The monoisotopic (exact) mass is 290 g/mol. The minimum absolute atomic E-state index is 0.0118. The van der Waals surface area contributed by atoms with Crippen LogP contribution in [-0.2, 0) is 14.3 Å². The van der Waals surface area contributed by atoms with Crippen molar-refractivity contribution in [2.24, 2.45) is 5.10 Å². The zero-order valence-corrected chi connectivity index (χ0v) is 11.7. The van der Waals surface area contributed by atoms with Gasteiger partial charge in [-0.3, -0.25) is 5.43 Å². The summed E-state index contributed by atoms with van der Waals surface area (Å²) < 4.78 is 28.8. The summed E-state index contributed by atoms with van der Waals surface area (Å²) >= 11 is 0. The molecule has 0 saturated carbocycles. The Morgan fingerprint density at radius 2 is 1.55 bits per heavy atom. The maximum Gasteiger partial charge on any atom is 0.340 e. The Hall–Kier alpha value is -2.34. The lowest BCUT2D eigenvalue weighted by Gasteiger charge is -2.06. The second kappa shape index (κ2) is 6.21. The number of hydrogen-bond donors (Lipinski definition) is 1. The highest BCUT2D eigenvalue weighted by atomic mass is 32.2. The second-order valence-corrected chi connectivity index (χ2v) is 5.51. The largest absolute Gasteiger partial charge is 0.362 e. The maximum absolute atomic E-state index is 11.9. The van der Waals surface area contributed by atoms with Crippen LogP contribution in [0.1, 0.15) is 6.92 Å². The van der Waals surface area contributed by atoms with Crippen molar-refractivity contribution in [3.05, 3.63) is 60.7 Å². The third-order valence-corrected chi connectivity index (χ3v) is 3.69. The molecule has 0 radical (unpaired) electrons. The smallest absolute Gasteiger partial charge is 0.340 e. The summed E-state index contributed by atoms with van der Waals surface area (Å²) in [5, 5.41) is 3.87. The van der Waals surface area contributed by atoms with E-state index in [-0.39, 0.29) is 10.8 Å². The van der Waals surface area contributed by atoms with E-state index in [4.69, 9.17) is 4.18 Å². The van der Waals surface area contributed by atoms with Crippen molar-refractivity contribution < 1.29 is 12.6 Å². The van der Waals surface area contributed by atoms with Crippen molar-refractivity contribution >= 4 is 21.7 Å². The Balaban J connectivity index is 2.06. The molecule has 2 aromatic rings. The quantitative estimate of drug-likeness (QED) is 0.407. The van der Waals surface area contributed by atoms with E-state index in [1.807, 2.05) is 30.3 Å². The van der Waals surface area contributed by atoms with Gasteiger partial charge < -0.3 is 4.18 Å². The summed E-state index contributed by atoms with van der Waals surface area (Å²) in [5.74, 6) is 0.0118. The van der Waals surface area contributed by atoms with Crippen LogP contribution in [-0.4, -0.2) is 14.3 Å². The van der Waals surface area contributed by atoms with Crippen LogP contribution in [0.4, 0.5) is 5.69 Å². The number of nitrogens with zero attached hydrogens (tertiary/aromatic N) is 1. The van der Waals surface area contributed by atoms with E-state index in [2.05, 4.69) is 10.5 Å². The average Bonchev–Trinajstić information content (AvgIpc) is 2.47. The van der Waals surface area contributed by atoms with Gasteiger partial charge in [0.2, 0.25) is 5.90 Å². The maximum atomic E-state index is 11.9. The van der Waals surface area contributed by atoms with Gasteiger partial charge in [-0.1, -0.05) is 36.4 Å². The second-order valence-electron chi connectivity index (χ2n) is 3.96. The first kappa shape index (κ1) is 14.1. The standard InChI is InChI=1S/C14H14N2O3S/c1-12(15-16-13-8-4-2-5-9-13)19-20(17,18)14-10-6-3-7-11-14/h2-11,16H,1H3/b15-12+. The molecule has 2 aromatic carbocycles. The molecule has 1 N–H and O–H groups in total. The van der Waals surface area contributed by atoms with E-state index in [9.17, 15) is 8.42 Å². The molecule has 0 fully saturated rings. The summed E-state index contributed by atoms with van der Waals surface area (Å²) in [5.41, 5.74) is 3.46. The van der Waals surface area contributed by atoms with Crippen molar-refractivity contribution in [2.75, 3.05) is 5.43 Å². The van der Waals surface area contributed by atoms with Crippen LogP contribution < -0.4 is 5.43 Å². The molecule has 0 spiro atoms. The molecule has 20 heavy (non-hydrogen) atoms.